The van der Waals surface area contributed by atoms with Gasteiger partial charge in [-0.2, -0.15) is 4.98 Å². The van der Waals surface area contributed by atoms with E-state index in [1.807, 2.05) is 48.7 Å². The highest BCUT2D eigenvalue weighted by Gasteiger charge is 2.25. The Bertz CT molecular complexity index is 1350. The van der Waals surface area contributed by atoms with Gasteiger partial charge in [0.05, 0.1) is 7.11 Å². The smallest absolute Gasteiger partial charge is 0.264 e. The highest BCUT2D eigenvalue weighted by Crippen LogP contribution is 2.43. The van der Waals surface area contributed by atoms with Crippen LogP contribution in [-0.4, -0.2) is 33.1 Å². The van der Waals surface area contributed by atoms with Crippen LogP contribution in [-0.2, 0) is 0 Å². The fraction of sp³-hybridized carbons (Fsp3) is 0.310. The zero-order valence-corrected chi connectivity index (χ0v) is 22.6. The zero-order chi connectivity index (χ0) is 26.3. The molecule has 0 radical (unpaired) electrons. The number of rotatable bonds is 10. The van der Waals surface area contributed by atoms with E-state index in [-0.39, 0.29) is 6.10 Å². The summed E-state index contributed by atoms with van der Waals surface area (Å²) >= 11 is 1.35. The van der Waals surface area contributed by atoms with E-state index in [9.17, 15) is 0 Å². The van der Waals surface area contributed by atoms with Crippen LogP contribution in [0.25, 0.3) is 11.4 Å². The van der Waals surface area contributed by atoms with Crippen LogP contribution in [0.15, 0.2) is 72.1 Å². The summed E-state index contributed by atoms with van der Waals surface area (Å²) < 4.78 is 21.8. The lowest BCUT2D eigenvalue weighted by atomic mass is 10.1. The maximum Gasteiger partial charge on any atom is 0.264 e. The van der Waals surface area contributed by atoms with E-state index >= 15 is 0 Å². The van der Waals surface area contributed by atoms with Gasteiger partial charge in [0.25, 0.3) is 5.88 Å². The van der Waals surface area contributed by atoms with Gasteiger partial charge in [0.15, 0.2) is 23.1 Å². The second-order valence-corrected chi connectivity index (χ2v) is 10.2. The molecule has 196 valence electrons. The summed E-state index contributed by atoms with van der Waals surface area (Å²) in [7, 11) is 1.61. The van der Waals surface area contributed by atoms with Gasteiger partial charge in [-0.05, 0) is 67.5 Å². The van der Waals surface area contributed by atoms with Crippen molar-refractivity contribution in [2.24, 2.45) is 0 Å². The van der Waals surface area contributed by atoms with Crippen molar-refractivity contribution in [3.8, 4) is 34.5 Å². The number of benzene rings is 1. The number of hydrogen-bond donors (Lipinski definition) is 1. The molecular weight excluding hydrogens is 498 g/mol. The Labute approximate surface area is 227 Å². The highest BCUT2D eigenvalue weighted by molar-refractivity contribution is 8.00. The van der Waals surface area contributed by atoms with Crippen LogP contribution >= 0.6 is 11.9 Å². The topological polar surface area (TPSA) is 91.3 Å². The Morgan fingerprint density at radius 3 is 2.39 bits per heavy atom. The molecule has 1 fully saturated rings. The Kier molecular flexibility index (Phi) is 8.23. The monoisotopic (exact) mass is 529 g/mol. The minimum absolute atomic E-state index is 0.0703. The molecule has 0 aliphatic heterocycles. The van der Waals surface area contributed by atoms with Gasteiger partial charge in [-0.1, -0.05) is 32.0 Å². The van der Waals surface area contributed by atoms with Gasteiger partial charge in [-0.25, -0.2) is 9.97 Å². The van der Waals surface area contributed by atoms with Crippen molar-refractivity contribution in [2.75, 3.05) is 11.8 Å². The van der Waals surface area contributed by atoms with Crippen molar-refractivity contribution in [1.29, 1.82) is 0 Å². The Hall–Kier alpha value is -3.85. The number of ether oxygens (including phenoxy) is 3. The molecule has 0 spiro atoms. The third-order valence-corrected chi connectivity index (χ3v) is 7.06. The van der Waals surface area contributed by atoms with Gasteiger partial charge in [-0.15, -0.1) is 0 Å². The molecule has 0 amide bonds. The molecule has 5 rings (SSSR count). The molecule has 1 aliphatic rings. The van der Waals surface area contributed by atoms with E-state index in [0.29, 0.717) is 40.7 Å². The van der Waals surface area contributed by atoms with Gasteiger partial charge >= 0.3 is 0 Å². The molecule has 3 heterocycles. The van der Waals surface area contributed by atoms with Crippen LogP contribution in [0.5, 0.6) is 23.1 Å². The van der Waals surface area contributed by atoms with Crippen molar-refractivity contribution < 1.29 is 14.2 Å². The summed E-state index contributed by atoms with van der Waals surface area (Å²) in [6.07, 6.45) is 9.63. The summed E-state index contributed by atoms with van der Waals surface area (Å²) in [6, 6.07) is 15.3. The lowest BCUT2D eigenvalue weighted by molar-refractivity contribution is 0.194. The fourth-order valence-corrected chi connectivity index (χ4v) is 4.75. The van der Waals surface area contributed by atoms with E-state index in [1.165, 1.54) is 17.5 Å². The number of nitrogens with one attached hydrogen (secondary N) is 1. The number of methoxy groups -OCH3 is 1. The number of pyridine rings is 2. The van der Waals surface area contributed by atoms with Crippen LogP contribution in [0.1, 0.15) is 51.0 Å². The maximum absolute atomic E-state index is 6.45. The molecule has 1 aromatic carbocycles. The molecule has 1 saturated carbocycles. The Morgan fingerprint density at radius 1 is 0.947 bits per heavy atom. The average Bonchev–Trinajstić information content (AvgIpc) is 3.47. The summed E-state index contributed by atoms with van der Waals surface area (Å²) in [5.41, 5.74) is 2.01. The van der Waals surface area contributed by atoms with Crippen LogP contribution in [0, 0.1) is 0 Å². The normalized spacial score (nSPS) is 13.5. The average molecular weight is 530 g/mol. The SMILES string of the molecule is COc1ccccc1Oc1c(NSc2ccc(C(C)C)cn2)nc(-c2ccncc2)nc1OC1CCCC1. The van der Waals surface area contributed by atoms with Crippen molar-refractivity contribution in [1.82, 2.24) is 19.9 Å². The number of para-hydroxylation sites is 2. The molecule has 8 nitrogen and oxygen atoms in total. The first-order chi connectivity index (χ1) is 18.6. The van der Waals surface area contributed by atoms with Crippen molar-refractivity contribution in [2.45, 2.75) is 56.6 Å². The largest absolute Gasteiger partial charge is 0.493 e. The van der Waals surface area contributed by atoms with Gasteiger partial charge < -0.3 is 18.9 Å². The van der Waals surface area contributed by atoms with Gasteiger partial charge in [0.1, 0.15) is 11.1 Å². The third kappa shape index (κ3) is 6.16. The predicted molar refractivity (Wildman–Crippen MR) is 149 cm³/mol. The van der Waals surface area contributed by atoms with Gasteiger partial charge in [0.2, 0.25) is 5.75 Å². The van der Waals surface area contributed by atoms with Crippen molar-refractivity contribution in [3.05, 3.63) is 72.7 Å². The molecule has 3 aromatic heterocycles. The lowest BCUT2D eigenvalue weighted by Crippen LogP contribution is -2.14. The molecule has 0 bridgehead atoms. The second kappa shape index (κ2) is 12.1. The summed E-state index contributed by atoms with van der Waals surface area (Å²) in [4.78, 5) is 18.4. The van der Waals surface area contributed by atoms with E-state index in [0.717, 1.165) is 36.3 Å². The van der Waals surface area contributed by atoms with E-state index in [1.54, 1.807) is 19.5 Å². The standard InChI is InChI=1S/C29H31N5O3S/c1-19(2)21-12-13-25(31-18-21)38-34-28-26(37-24-11-7-6-10-23(24)35-3)29(36-22-8-4-5-9-22)33-27(32-28)20-14-16-30-17-15-20/h6-7,10-19,22H,4-5,8-9H2,1-3H3,(H,32,33,34). The first-order valence-corrected chi connectivity index (χ1v) is 13.6. The number of aromatic nitrogens is 4. The van der Waals surface area contributed by atoms with Crippen LogP contribution < -0.4 is 18.9 Å². The summed E-state index contributed by atoms with van der Waals surface area (Å²) in [6.45, 7) is 4.30. The molecule has 38 heavy (non-hydrogen) atoms. The molecule has 0 atom stereocenters. The maximum atomic E-state index is 6.45. The van der Waals surface area contributed by atoms with Crippen LogP contribution in [0.3, 0.4) is 0 Å². The Morgan fingerprint density at radius 2 is 1.71 bits per heavy atom. The summed E-state index contributed by atoms with van der Waals surface area (Å²) in [5, 5.41) is 0.806. The predicted octanol–water partition coefficient (Wildman–Crippen LogP) is 7.30. The minimum atomic E-state index is 0.0703. The molecule has 4 aromatic rings. The van der Waals surface area contributed by atoms with E-state index in [2.05, 4.69) is 34.6 Å². The Balaban J connectivity index is 1.55. The highest BCUT2D eigenvalue weighted by atomic mass is 32.2. The fourth-order valence-electron chi connectivity index (χ4n) is 4.17. The number of nitrogens with zero attached hydrogens (tertiary/aromatic N) is 4. The first kappa shape index (κ1) is 25.8. The molecule has 0 unspecified atom stereocenters. The minimum Gasteiger partial charge on any atom is -0.493 e. The van der Waals surface area contributed by atoms with Gasteiger partial charge in [-0.3, -0.25) is 4.98 Å². The number of hydrogen-bond acceptors (Lipinski definition) is 9. The second-order valence-electron chi connectivity index (χ2n) is 9.33. The zero-order valence-electron chi connectivity index (χ0n) is 21.8. The van der Waals surface area contributed by atoms with E-state index < -0.39 is 0 Å². The van der Waals surface area contributed by atoms with E-state index in [4.69, 9.17) is 24.2 Å². The lowest BCUT2D eigenvalue weighted by Gasteiger charge is -2.20. The van der Waals surface area contributed by atoms with Crippen molar-refractivity contribution >= 4 is 17.8 Å². The molecule has 0 saturated heterocycles. The quantitative estimate of drug-likeness (QED) is 0.212. The molecule has 9 heteroatoms. The first-order valence-electron chi connectivity index (χ1n) is 12.8. The summed E-state index contributed by atoms with van der Waals surface area (Å²) in [5.74, 6) is 3.32. The van der Waals surface area contributed by atoms with Crippen LogP contribution in [0.4, 0.5) is 5.82 Å². The van der Waals surface area contributed by atoms with Crippen LogP contribution in [0.2, 0.25) is 0 Å². The number of anilines is 1. The molecule has 1 aliphatic carbocycles. The molecular formula is C29H31N5O3S. The molecule has 1 N–H and O–H groups in total. The third-order valence-electron chi connectivity index (χ3n) is 6.31. The van der Waals surface area contributed by atoms with Crippen molar-refractivity contribution in [3.63, 3.8) is 0 Å². The van der Waals surface area contributed by atoms with Gasteiger partial charge in [0, 0.05) is 36.1 Å².